The van der Waals surface area contributed by atoms with Crippen LogP contribution >= 0.6 is 12.2 Å². The van der Waals surface area contributed by atoms with Crippen molar-refractivity contribution in [2.75, 3.05) is 26.2 Å². The smallest absolute Gasteiger partial charge is 0.0751 e. The van der Waals surface area contributed by atoms with Crippen molar-refractivity contribution in [3.8, 4) is 0 Å². The maximum Gasteiger partial charge on any atom is 0.0751 e. The Balaban J connectivity index is 2.01. The zero-order valence-electron chi connectivity index (χ0n) is 8.51. The molecule has 2 nitrogen and oxygen atoms in total. The fraction of sp³-hybridized carbons (Fsp3) is 0.900. The zero-order valence-corrected chi connectivity index (χ0v) is 9.33. The van der Waals surface area contributed by atoms with E-state index in [2.05, 4.69) is 17.1 Å². The van der Waals surface area contributed by atoms with Gasteiger partial charge >= 0.3 is 0 Å². The van der Waals surface area contributed by atoms with E-state index in [-0.39, 0.29) is 0 Å². The molecule has 0 bridgehead atoms. The van der Waals surface area contributed by atoms with Crippen LogP contribution in [0.3, 0.4) is 0 Å². The average molecular weight is 200 g/mol. The molecule has 0 aromatic carbocycles. The molecule has 0 aromatic rings. The summed E-state index contributed by atoms with van der Waals surface area (Å²) in [6.45, 7) is 6.82. The van der Waals surface area contributed by atoms with Crippen LogP contribution in [0.15, 0.2) is 0 Å². The topological polar surface area (TPSA) is 15.3 Å². The monoisotopic (exact) mass is 200 g/mol. The number of rotatable bonds is 4. The predicted molar refractivity (Wildman–Crippen MR) is 61.2 cm³/mol. The Bertz CT molecular complexity index is 153. The Morgan fingerprint density at radius 1 is 1.31 bits per heavy atom. The van der Waals surface area contributed by atoms with E-state index in [1.165, 1.54) is 32.4 Å². The minimum absolute atomic E-state index is 0.968. The van der Waals surface area contributed by atoms with Crippen LogP contribution in [0.4, 0.5) is 0 Å². The minimum atomic E-state index is 0.968. The van der Waals surface area contributed by atoms with Gasteiger partial charge in [-0.15, -0.1) is 0 Å². The van der Waals surface area contributed by atoms with Crippen LogP contribution < -0.4 is 5.32 Å². The van der Waals surface area contributed by atoms with Crippen LogP contribution in [-0.2, 0) is 0 Å². The molecule has 0 amide bonds. The molecule has 3 heteroatoms. The Hall–Kier alpha value is -0.150. The number of thiocarbonyl (C=S) groups is 1. The summed E-state index contributed by atoms with van der Waals surface area (Å²) in [4.78, 5) is 3.52. The fourth-order valence-corrected chi connectivity index (χ4v) is 1.76. The Kier molecular flexibility index (Phi) is 5.32. The van der Waals surface area contributed by atoms with E-state index in [1.54, 1.807) is 0 Å². The largest absolute Gasteiger partial charge is 0.378 e. The molecule has 0 radical (unpaired) electrons. The highest BCUT2D eigenvalue weighted by Crippen LogP contribution is 2.07. The summed E-state index contributed by atoms with van der Waals surface area (Å²) in [7, 11) is 0. The second kappa shape index (κ2) is 6.33. The van der Waals surface area contributed by atoms with Crippen LogP contribution in [-0.4, -0.2) is 36.1 Å². The molecule has 0 spiro atoms. The van der Waals surface area contributed by atoms with Crippen molar-refractivity contribution < 1.29 is 0 Å². The predicted octanol–water partition coefficient (Wildman–Crippen LogP) is 1.80. The first-order valence-corrected chi connectivity index (χ1v) is 5.73. The highest BCUT2D eigenvalue weighted by molar-refractivity contribution is 7.80. The van der Waals surface area contributed by atoms with Crippen molar-refractivity contribution in [1.82, 2.24) is 10.2 Å². The third kappa shape index (κ3) is 4.58. The summed E-state index contributed by atoms with van der Waals surface area (Å²) in [5.41, 5.74) is 0. The van der Waals surface area contributed by atoms with Crippen molar-refractivity contribution in [2.24, 2.45) is 0 Å². The van der Waals surface area contributed by atoms with E-state index < -0.39 is 0 Å². The molecular weight excluding hydrogens is 180 g/mol. The van der Waals surface area contributed by atoms with Gasteiger partial charge in [-0.2, -0.15) is 0 Å². The summed E-state index contributed by atoms with van der Waals surface area (Å²) in [6, 6.07) is 0. The summed E-state index contributed by atoms with van der Waals surface area (Å²) >= 11 is 5.09. The van der Waals surface area contributed by atoms with E-state index in [0.29, 0.717) is 0 Å². The molecule has 1 aliphatic heterocycles. The number of hydrogen-bond donors (Lipinski definition) is 1. The molecular formula is C10H20N2S. The van der Waals surface area contributed by atoms with Gasteiger partial charge in [0.1, 0.15) is 0 Å². The van der Waals surface area contributed by atoms with Gasteiger partial charge in [0.05, 0.1) is 4.99 Å². The van der Waals surface area contributed by atoms with Gasteiger partial charge in [-0.1, -0.05) is 25.6 Å². The molecule has 0 aliphatic carbocycles. The number of nitrogens with zero attached hydrogens (tertiary/aromatic N) is 1. The van der Waals surface area contributed by atoms with Gasteiger partial charge in [-0.05, 0) is 32.4 Å². The molecule has 1 heterocycles. The van der Waals surface area contributed by atoms with E-state index in [9.17, 15) is 0 Å². The van der Waals surface area contributed by atoms with E-state index in [1.807, 2.05) is 0 Å². The van der Waals surface area contributed by atoms with Crippen molar-refractivity contribution in [2.45, 2.75) is 32.6 Å². The van der Waals surface area contributed by atoms with Crippen LogP contribution in [0.1, 0.15) is 32.6 Å². The first-order valence-electron chi connectivity index (χ1n) is 5.32. The van der Waals surface area contributed by atoms with Crippen LogP contribution in [0, 0.1) is 0 Å². The molecule has 0 aromatic heterocycles. The van der Waals surface area contributed by atoms with Crippen molar-refractivity contribution in [1.29, 1.82) is 0 Å². The van der Waals surface area contributed by atoms with Crippen LogP contribution in [0.2, 0.25) is 0 Å². The molecule has 0 unspecified atom stereocenters. The highest BCUT2D eigenvalue weighted by atomic mass is 32.1. The fourth-order valence-electron chi connectivity index (χ4n) is 1.66. The Morgan fingerprint density at radius 3 is 2.62 bits per heavy atom. The molecule has 1 aliphatic rings. The van der Waals surface area contributed by atoms with Gasteiger partial charge in [0, 0.05) is 13.1 Å². The number of hydrogen-bond acceptors (Lipinski definition) is 2. The summed E-state index contributed by atoms with van der Waals surface area (Å²) in [6.07, 6.45) is 5.13. The Labute approximate surface area is 86.7 Å². The van der Waals surface area contributed by atoms with Crippen molar-refractivity contribution in [3.05, 3.63) is 0 Å². The van der Waals surface area contributed by atoms with Gasteiger partial charge in [0.2, 0.25) is 0 Å². The molecule has 1 saturated heterocycles. The number of likely N-dealkylation sites (tertiary alicyclic amines) is 1. The van der Waals surface area contributed by atoms with Gasteiger partial charge in [0.25, 0.3) is 0 Å². The lowest BCUT2D eigenvalue weighted by molar-refractivity contribution is 0.232. The second-order valence-electron chi connectivity index (χ2n) is 3.61. The van der Waals surface area contributed by atoms with E-state index >= 15 is 0 Å². The summed E-state index contributed by atoms with van der Waals surface area (Å²) in [5, 5.41) is 3.27. The molecule has 0 atom stereocenters. The van der Waals surface area contributed by atoms with Gasteiger partial charge in [0.15, 0.2) is 0 Å². The quantitative estimate of drug-likeness (QED) is 0.697. The third-order valence-corrected chi connectivity index (χ3v) is 2.95. The maximum atomic E-state index is 5.09. The normalized spacial score (nSPS) is 18.5. The summed E-state index contributed by atoms with van der Waals surface area (Å²) in [5.74, 6) is 0. The van der Waals surface area contributed by atoms with Gasteiger partial charge in [-0.25, -0.2) is 0 Å². The van der Waals surface area contributed by atoms with Crippen LogP contribution in [0.25, 0.3) is 0 Å². The first-order chi connectivity index (χ1) is 6.33. The molecule has 1 fully saturated rings. The van der Waals surface area contributed by atoms with Gasteiger partial charge in [-0.3, -0.25) is 0 Å². The Morgan fingerprint density at radius 2 is 2.00 bits per heavy atom. The molecule has 13 heavy (non-hydrogen) atoms. The lowest BCUT2D eigenvalue weighted by atomic mass is 10.1. The lowest BCUT2D eigenvalue weighted by Gasteiger charge is -2.26. The third-order valence-electron chi connectivity index (χ3n) is 2.52. The maximum absolute atomic E-state index is 5.09. The van der Waals surface area contributed by atoms with E-state index in [4.69, 9.17) is 12.2 Å². The van der Waals surface area contributed by atoms with Crippen molar-refractivity contribution in [3.63, 3.8) is 0 Å². The zero-order chi connectivity index (χ0) is 9.52. The first kappa shape index (κ1) is 10.9. The molecule has 1 rings (SSSR count). The number of piperidine rings is 1. The molecule has 1 N–H and O–H groups in total. The standard InChI is InChI=1S/C10H20N2S/c1-2-10(13)11-6-9-12-7-4-3-5-8-12/h2-9H2,1H3,(H,11,13). The van der Waals surface area contributed by atoms with E-state index in [0.717, 1.165) is 24.5 Å². The van der Waals surface area contributed by atoms with Crippen molar-refractivity contribution >= 4 is 17.2 Å². The molecule has 0 saturated carbocycles. The van der Waals surface area contributed by atoms with Gasteiger partial charge < -0.3 is 10.2 Å². The summed E-state index contributed by atoms with van der Waals surface area (Å²) < 4.78 is 0. The SMILES string of the molecule is CCC(=S)NCCN1CCCCC1. The minimum Gasteiger partial charge on any atom is -0.378 e. The van der Waals surface area contributed by atoms with Crippen LogP contribution in [0.5, 0.6) is 0 Å². The second-order valence-corrected chi connectivity index (χ2v) is 4.10. The molecule has 76 valence electrons. The number of nitrogens with one attached hydrogen (secondary N) is 1. The average Bonchev–Trinajstić information content (AvgIpc) is 2.19. The highest BCUT2D eigenvalue weighted by Gasteiger charge is 2.08. The lowest BCUT2D eigenvalue weighted by Crippen LogP contribution is -2.37.